The fourth-order valence-corrected chi connectivity index (χ4v) is 2.76. The first-order valence-corrected chi connectivity index (χ1v) is 7.56. The molecular weight excluding hydrogens is 311 g/mol. The van der Waals surface area contributed by atoms with Gasteiger partial charge in [-0.3, -0.25) is 9.69 Å². The number of ether oxygens (including phenoxy) is 1. The minimum Gasteiger partial charge on any atom is -0.496 e. The van der Waals surface area contributed by atoms with Crippen LogP contribution in [0.15, 0.2) is 48.5 Å². The van der Waals surface area contributed by atoms with Crippen LogP contribution in [0, 0.1) is 5.82 Å². The molecule has 6 heteroatoms. The molecule has 1 saturated heterocycles. The third-order valence-corrected chi connectivity index (χ3v) is 3.96. The molecule has 0 aromatic heterocycles. The van der Waals surface area contributed by atoms with E-state index in [1.54, 1.807) is 0 Å². The van der Waals surface area contributed by atoms with E-state index in [2.05, 4.69) is 5.32 Å². The maximum atomic E-state index is 13.5. The summed E-state index contributed by atoms with van der Waals surface area (Å²) in [5.41, 5.74) is 1.41. The molecule has 0 saturated carbocycles. The van der Waals surface area contributed by atoms with Gasteiger partial charge in [-0.25, -0.2) is 9.18 Å². The molecule has 0 aliphatic carbocycles. The summed E-state index contributed by atoms with van der Waals surface area (Å²) in [4.78, 5) is 25.7. The molecule has 3 amide bonds. The Kier molecular flexibility index (Phi) is 4.46. The van der Waals surface area contributed by atoms with Crippen LogP contribution in [0.2, 0.25) is 0 Å². The van der Waals surface area contributed by atoms with Crippen LogP contribution in [-0.2, 0) is 17.8 Å². The summed E-state index contributed by atoms with van der Waals surface area (Å²) in [5, 5.41) is 2.68. The normalized spacial score (nSPS) is 17.1. The summed E-state index contributed by atoms with van der Waals surface area (Å²) >= 11 is 0. The standard InChI is InChI=1S/C18H17FN2O3/c1-24-16-8-7-14(19)10-13(16)11-21-17(22)15(20-18(21)23)9-12-5-3-2-4-6-12/h2-8,10,15H,9,11H2,1H3,(H,20,23). The number of methoxy groups -OCH3 is 1. The van der Waals surface area contributed by atoms with Gasteiger partial charge in [0.05, 0.1) is 13.7 Å². The van der Waals surface area contributed by atoms with Crippen molar-refractivity contribution in [1.82, 2.24) is 10.2 Å². The smallest absolute Gasteiger partial charge is 0.325 e. The number of halogens is 1. The summed E-state index contributed by atoms with van der Waals surface area (Å²) in [7, 11) is 1.46. The molecule has 24 heavy (non-hydrogen) atoms. The average Bonchev–Trinajstić information content (AvgIpc) is 2.84. The van der Waals surface area contributed by atoms with Gasteiger partial charge >= 0.3 is 6.03 Å². The lowest BCUT2D eigenvalue weighted by molar-refractivity contribution is -0.127. The van der Waals surface area contributed by atoms with Crippen molar-refractivity contribution in [3.63, 3.8) is 0 Å². The Balaban J connectivity index is 1.76. The molecule has 124 valence electrons. The number of hydrogen-bond acceptors (Lipinski definition) is 3. The highest BCUT2D eigenvalue weighted by atomic mass is 19.1. The molecule has 1 aliphatic rings. The highest BCUT2D eigenvalue weighted by Gasteiger charge is 2.38. The van der Waals surface area contributed by atoms with Crippen molar-refractivity contribution in [2.24, 2.45) is 0 Å². The maximum absolute atomic E-state index is 13.5. The molecule has 2 aromatic carbocycles. The molecule has 1 fully saturated rings. The van der Waals surface area contributed by atoms with Crippen molar-refractivity contribution in [3.05, 3.63) is 65.5 Å². The molecule has 0 spiro atoms. The number of hydrogen-bond donors (Lipinski definition) is 1. The predicted octanol–water partition coefficient (Wildman–Crippen LogP) is 2.50. The second-order valence-electron chi connectivity index (χ2n) is 5.57. The van der Waals surface area contributed by atoms with E-state index in [0.717, 1.165) is 10.5 Å². The number of benzene rings is 2. The Hall–Kier alpha value is -2.89. The van der Waals surface area contributed by atoms with Crippen molar-refractivity contribution >= 4 is 11.9 Å². The number of carbonyl (C=O) groups excluding carboxylic acids is 2. The molecule has 1 heterocycles. The van der Waals surface area contributed by atoms with Gasteiger partial charge in [0.1, 0.15) is 17.6 Å². The van der Waals surface area contributed by atoms with E-state index in [1.165, 1.54) is 25.3 Å². The van der Waals surface area contributed by atoms with E-state index in [0.29, 0.717) is 17.7 Å². The zero-order valence-corrected chi connectivity index (χ0v) is 13.2. The third kappa shape index (κ3) is 3.22. The third-order valence-electron chi connectivity index (χ3n) is 3.96. The Morgan fingerprint density at radius 1 is 1.17 bits per heavy atom. The predicted molar refractivity (Wildman–Crippen MR) is 86.0 cm³/mol. The lowest BCUT2D eigenvalue weighted by Crippen LogP contribution is -2.32. The highest BCUT2D eigenvalue weighted by molar-refractivity contribution is 6.04. The molecule has 5 nitrogen and oxygen atoms in total. The first kappa shape index (κ1) is 16.0. The van der Waals surface area contributed by atoms with Gasteiger partial charge in [0, 0.05) is 12.0 Å². The fraction of sp³-hybridized carbons (Fsp3) is 0.222. The molecule has 1 unspecified atom stereocenters. The largest absolute Gasteiger partial charge is 0.496 e. The number of imide groups is 1. The molecular formula is C18H17FN2O3. The van der Waals surface area contributed by atoms with E-state index in [4.69, 9.17) is 4.74 Å². The number of nitrogens with one attached hydrogen (secondary N) is 1. The van der Waals surface area contributed by atoms with Crippen LogP contribution in [-0.4, -0.2) is 30.0 Å². The van der Waals surface area contributed by atoms with Crippen LogP contribution in [0.3, 0.4) is 0 Å². The molecule has 1 atom stereocenters. The van der Waals surface area contributed by atoms with Crippen molar-refractivity contribution in [1.29, 1.82) is 0 Å². The van der Waals surface area contributed by atoms with Crippen molar-refractivity contribution < 1.29 is 18.7 Å². The van der Waals surface area contributed by atoms with Crippen molar-refractivity contribution in [3.8, 4) is 5.75 Å². The number of rotatable bonds is 5. The average molecular weight is 328 g/mol. The Bertz CT molecular complexity index is 764. The first-order valence-electron chi connectivity index (χ1n) is 7.56. The number of nitrogens with zero attached hydrogens (tertiary/aromatic N) is 1. The second-order valence-corrected chi connectivity index (χ2v) is 5.57. The van der Waals surface area contributed by atoms with E-state index < -0.39 is 17.9 Å². The highest BCUT2D eigenvalue weighted by Crippen LogP contribution is 2.23. The maximum Gasteiger partial charge on any atom is 0.325 e. The lowest BCUT2D eigenvalue weighted by atomic mass is 10.1. The van der Waals surface area contributed by atoms with Gasteiger partial charge in [0.25, 0.3) is 5.91 Å². The molecule has 0 radical (unpaired) electrons. The lowest BCUT2D eigenvalue weighted by Gasteiger charge is -2.15. The number of urea groups is 1. The van der Waals surface area contributed by atoms with Crippen molar-refractivity contribution in [2.45, 2.75) is 19.0 Å². The van der Waals surface area contributed by atoms with Gasteiger partial charge in [-0.2, -0.15) is 0 Å². The van der Waals surface area contributed by atoms with E-state index in [9.17, 15) is 14.0 Å². The Morgan fingerprint density at radius 2 is 1.92 bits per heavy atom. The van der Waals surface area contributed by atoms with Crippen LogP contribution >= 0.6 is 0 Å². The molecule has 1 N–H and O–H groups in total. The molecule has 0 bridgehead atoms. The zero-order chi connectivity index (χ0) is 17.1. The molecule has 1 aliphatic heterocycles. The summed E-state index contributed by atoms with van der Waals surface area (Å²) in [6.07, 6.45) is 0.419. The topological polar surface area (TPSA) is 58.6 Å². The van der Waals surface area contributed by atoms with Gasteiger partial charge in [-0.15, -0.1) is 0 Å². The summed E-state index contributed by atoms with van der Waals surface area (Å²) in [6, 6.07) is 12.4. The van der Waals surface area contributed by atoms with Crippen LogP contribution in [0.5, 0.6) is 5.75 Å². The number of carbonyl (C=O) groups is 2. The summed E-state index contributed by atoms with van der Waals surface area (Å²) < 4.78 is 18.6. The fourth-order valence-electron chi connectivity index (χ4n) is 2.76. The van der Waals surface area contributed by atoms with E-state index >= 15 is 0 Å². The van der Waals surface area contributed by atoms with Crippen LogP contribution in [0.25, 0.3) is 0 Å². The minimum atomic E-state index is -0.612. The number of amides is 3. The van der Waals surface area contributed by atoms with E-state index in [-0.39, 0.29) is 12.5 Å². The van der Waals surface area contributed by atoms with Gasteiger partial charge in [0.15, 0.2) is 0 Å². The van der Waals surface area contributed by atoms with E-state index in [1.807, 2.05) is 30.3 Å². The quantitative estimate of drug-likeness (QED) is 0.858. The van der Waals surface area contributed by atoms with Gasteiger partial charge in [-0.05, 0) is 23.8 Å². The summed E-state index contributed by atoms with van der Waals surface area (Å²) in [6.45, 7) is -0.0309. The Labute approximate surface area is 139 Å². The Morgan fingerprint density at radius 3 is 2.62 bits per heavy atom. The van der Waals surface area contributed by atoms with Crippen LogP contribution < -0.4 is 10.1 Å². The van der Waals surface area contributed by atoms with Gasteiger partial charge in [0.2, 0.25) is 0 Å². The van der Waals surface area contributed by atoms with Gasteiger partial charge < -0.3 is 10.1 Å². The SMILES string of the molecule is COc1ccc(F)cc1CN1C(=O)NC(Cc2ccccc2)C1=O. The molecule has 2 aromatic rings. The second kappa shape index (κ2) is 6.70. The van der Waals surface area contributed by atoms with Crippen molar-refractivity contribution in [2.75, 3.05) is 7.11 Å². The van der Waals surface area contributed by atoms with Crippen LogP contribution in [0.4, 0.5) is 9.18 Å². The monoisotopic (exact) mass is 328 g/mol. The van der Waals surface area contributed by atoms with Crippen LogP contribution in [0.1, 0.15) is 11.1 Å². The zero-order valence-electron chi connectivity index (χ0n) is 13.2. The minimum absolute atomic E-state index is 0.0309. The first-order chi connectivity index (χ1) is 11.6. The van der Waals surface area contributed by atoms with Gasteiger partial charge in [-0.1, -0.05) is 30.3 Å². The summed E-state index contributed by atoms with van der Waals surface area (Å²) in [5.74, 6) is -0.336. The molecule has 3 rings (SSSR count).